The third-order valence-corrected chi connectivity index (χ3v) is 3.93. The standard InChI is InChI=1S/C12H17N3O3S/c1-8-5-15(6-9(8)11(17)18-2)7-10(16)14-12-13-3-4-19-12/h3-4,8-9H,5-7H2,1-2H3,(H,13,14,16). The largest absolute Gasteiger partial charge is 0.469 e. The van der Waals surface area contributed by atoms with Gasteiger partial charge < -0.3 is 10.1 Å². The summed E-state index contributed by atoms with van der Waals surface area (Å²) in [7, 11) is 1.40. The van der Waals surface area contributed by atoms with E-state index in [9.17, 15) is 9.59 Å². The molecule has 2 rings (SSSR count). The number of likely N-dealkylation sites (tertiary alicyclic amines) is 1. The van der Waals surface area contributed by atoms with E-state index in [2.05, 4.69) is 10.3 Å². The molecule has 1 aliphatic heterocycles. The number of amides is 1. The fourth-order valence-electron chi connectivity index (χ4n) is 2.30. The van der Waals surface area contributed by atoms with E-state index in [4.69, 9.17) is 4.74 Å². The van der Waals surface area contributed by atoms with Crippen molar-refractivity contribution in [3.8, 4) is 0 Å². The molecule has 19 heavy (non-hydrogen) atoms. The Bertz CT molecular complexity index is 449. The monoisotopic (exact) mass is 283 g/mol. The zero-order chi connectivity index (χ0) is 13.8. The zero-order valence-electron chi connectivity index (χ0n) is 11.0. The van der Waals surface area contributed by atoms with Crippen LogP contribution in [-0.4, -0.2) is 48.5 Å². The summed E-state index contributed by atoms with van der Waals surface area (Å²) in [6, 6.07) is 0. The molecule has 0 saturated carbocycles. The maximum Gasteiger partial charge on any atom is 0.310 e. The quantitative estimate of drug-likeness (QED) is 0.828. The van der Waals surface area contributed by atoms with Gasteiger partial charge in [-0.2, -0.15) is 0 Å². The highest BCUT2D eigenvalue weighted by molar-refractivity contribution is 7.13. The predicted molar refractivity (Wildman–Crippen MR) is 71.9 cm³/mol. The van der Waals surface area contributed by atoms with Crippen LogP contribution in [0.2, 0.25) is 0 Å². The van der Waals surface area contributed by atoms with Gasteiger partial charge in [-0.25, -0.2) is 4.98 Å². The molecule has 0 spiro atoms. The van der Waals surface area contributed by atoms with Crippen molar-refractivity contribution in [1.29, 1.82) is 0 Å². The minimum atomic E-state index is -0.199. The molecule has 1 aromatic rings. The number of aromatic nitrogens is 1. The number of esters is 1. The SMILES string of the molecule is COC(=O)C1CN(CC(=O)Nc2nccs2)CC1C. The molecule has 1 N–H and O–H groups in total. The van der Waals surface area contributed by atoms with Gasteiger partial charge in [-0.3, -0.25) is 14.5 Å². The maximum absolute atomic E-state index is 11.8. The van der Waals surface area contributed by atoms with E-state index >= 15 is 0 Å². The lowest BCUT2D eigenvalue weighted by Crippen LogP contribution is -2.32. The number of carbonyl (C=O) groups is 2. The number of ether oxygens (including phenoxy) is 1. The summed E-state index contributed by atoms with van der Waals surface area (Å²) in [5, 5.41) is 5.14. The fraction of sp³-hybridized carbons (Fsp3) is 0.583. The van der Waals surface area contributed by atoms with Crippen molar-refractivity contribution in [2.24, 2.45) is 11.8 Å². The highest BCUT2D eigenvalue weighted by atomic mass is 32.1. The number of nitrogens with zero attached hydrogens (tertiary/aromatic N) is 2. The number of hydrogen-bond acceptors (Lipinski definition) is 6. The van der Waals surface area contributed by atoms with Gasteiger partial charge in [0.2, 0.25) is 5.91 Å². The lowest BCUT2D eigenvalue weighted by Gasteiger charge is -2.14. The van der Waals surface area contributed by atoms with Gasteiger partial charge in [-0.15, -0.1) is 11.3 Å². The normalized spacial score (nSPS) is 23.3. The number of rotatable bonds is 4. The first-order valence-electron chi connectivity index (χ1n) is 6.09. The van der Waals surface area contributed by atoms with Crippen LogP contribution in [0.1, 0.15) is 6.92 Å². The lowest BCUT2D eigenvalue weighted by atomic mass is 9.99. The summed E-state index contributed by atoms with van der Waals surface area (Å²) in [4.78, 5) is 29.3. The molecule has 2 heterocycles. The highest BCUT2D eigenvalue weighted by Gasteiger charge is 2.36. The molecule has 2 atom stereocenters. The number of carbonyl (C=O) groups excluding carboxylic acids is 2. The molecule has 1 amide bonds. The summed E-state index contributed by atoms with van der Waals surface area (Å²) in [5.74, 6) is -0.235. The van der Waals surface area contributed by atoms with Gasteiger partial charge in [-0.1, -0.05) is 6.92 Å². The average molecular weight is 283 g/mol. The first kappa shape index (κ1) is 14.0. The van der Waals surface area contributed by atoms with Gasteiger partial charge in [0.1, 0.15) is 0 Å². The zero-order valence-corrected chi connectivity index (χ0v) is 11.8. The van der Waals surface area contributed by atoms with Gasteiger partial charge in [0.25, 0.3) is 0 Å². The molecular weight excluding hydrogens is 266 g/mol. The van der Waals surface area contributed by atoms with Crippen molar-refractivity contribution in [3.05, 3.63) is 11.6 Å². The van der Waals surface area contributed by atoms with Crippen molar-refractivity contribution in [2.45, 2.75) is 6.92 Å². The summed E-state index contributed by atoms with van der Waals surface area (Å²) in [6.07, 6.45) is 1.64. The molecule has 0 bridgehead atoms. The first-order chi connectivity index (χ1) is 9.10. The van der Waals surface area contributed by atoms with E-state index in [1.165, 1.54) is 18.4 Å². The topological polar surface area (TPSA) is 71.5 Å². The Kier molecular flexibility index (Phi) is 4.49. The first-order valence-corrected chi connectivity index (χ1v) is 6.97. The van der Waals surface area contributed by atoms with Gasteiger partial charge in [-0.05, 0) is 5.92 Å². The van der Waals surface area contributed by atoms with Crippen LogP contribution in [-0.2, 0) is 14.3 Å². The predicted octanol–water partition coefficient (Wildman–Crippen LogP) is 0.822. The van der Waals surface area contributed by atoms with Crippen molar-refractivity contribution in [3.63, 3.8) is 0 Å². The average Bonchev–Trinajstić information content (AvgIpc) is 2.98. The third-order valence-electron chi connectivity index (χ3n) is 3.24. The molecule has 0 aliphatic carbocycles. The second-order valence-corrected chi connectivity index (χ2v) is 5.58. The van der Waals surface area contributed by atoms with E-state index < -0.39 is 0 Å². The third kappa shape index (κ3) is 3.51. The van der Waals surface area contributed by atoms with E-state index in [0.717, 1.165) is 6.54 Å². The van der Waals surface area contributed by atoms with Crippen molar-refractivity contribution >= 4 is 28.3 Å². The Labute approximate surface area is 115 Å². The van der Waals surface area contributed by atoms with E-state index in [0.29, 0.717) is 11.7 Å². The second-order valence-electron chi connectivity index (χ2n) is 4.69. The van der Waals surface area contributed by atoms with Crippen LogP contribution < -0.4 is 5.32 Å². The number of hydrogen-bond donors (Lipinski definition) is 1. The van der Waals surface area contributed by atoms with E-state index in [1.807, 2.05) is 11.8 Å². The molecule has 7 heteroatoms. The molecule has 1 saturated heterocycles. The Balaban J connectivity index is 1.84. The summed E-state index contributed by atoms with van der Waals surface area (Å²) in [5.41, 5.74) is 0. The van der Waals surface area contributed by atoms with Crippen LogP contribution in [0, 0.1) is 11.8 Å². The minimum absolute atomic E-state index is 0.104. The molecule has 0 aromatic carbocycles. The summed E-state index contributed by atoms with van der Waals surface area (Å²) >= 11 is 1.38. The summed E-state index contributed by atoms with van der Waals surface area (Å²) in [6.45, 7) is 3.57. The Morgan fingerprint density at radius 2 is 2.37 bits per heavy atom. The van der Waals surface area contributed by atoms with Gasteiger partial charge in [0.05, 0.1) is 19.6 Å². The van der Waals surface area contributed by atoms with Crippen molar-refractivity contribution in [1.82, 2.24) is 9.88 Å². The molecule has 104 valence electrons. The van der Waals surface area contributed by atoms with E-state index in [-0.39, 0.29) is 30.3 Å². The maximum atomic E-state index is 11.8. The van der Waals surface area contributed by atoms with Crippen LogP contribution >= 0.6 is 11.3 Å². The number of methoxy groups -OCH3 is 1. The summed E-state index contributed by atoms with van der Waals surface area (Å²) < 4.78 is 4.77. The number of nitrogens with one attached hydrogen (secondary N) is 1. The van der Waals surface area contributed by atoms with Crippen LogP contribution in [0.3, 0.4) is 0 Å². The molecule has 6 nitrogen and oxygen atoms in total. The Morgan fingerprint density at radius 1 is 1.58 bits per heavy atom. The van der Waals surface area contributed by atoms with Gasteiger partial charge in [0.15, 0.2) is 5.13 Å². The number of thiazole rings is 1. The van der Waals surface area contributed by atoms with E-state index in [1.54, 1.807) is 11.6 Å². The van der Waals surface area contributed by atoms with Crippen molar-refractivity contribution in [2.75, 3.05) is 32.1 Å². The lowest BCUT2D eigenvalue weighted by molar-refractivity contribution is -0.146. The highest BCUT2D eigenvalue weighted by Crippen LogP contribution is 2.23. The van der Waals surface area contributed by atoms with Crippen LogP contribution in [0.25, 0.3) is 0 Å². The minimum Gasteiger partial charge on any atom is -0.469 e. The molecule has 1 fully saturated rings. The van der Waals surface area contributed by atoms with Gasteiger partial charge in [0, 0.05) is 24.7 Å². The number of anilines is 1. The Hall–Kier alpha value is -1.47. The molecule has 0 radical (unpaired) electrons. The molecular formula is C12H17N3O3S. The fourth-order valence-corrected chi connectivity index (χ4v) is 2.85. The smallest absolute Gasteiger partial charge is 0.310 e. The van der Waals surface area contributed by atoms with Crippen LogP contribution in [0.5, 0.6) is 0 Å². The molecule has 1 aliphatic rings. The molecule has 1 aromatic heterocycles. The Morgan fingerprint density at radius 3 is 3.00 bits per heavy atom. The van der Waals surface area contributed by atoms with Gasteiger partial charge >= 0.3 is 5.97 Å². The molecule has 2 unspecified atom stereocenters. The van der Waals surface area contributed by atoms with Crippen LogP contribution in [0.4, 0.5) is 5.13 Å². The second kappa shape index (κ2) is 6.12. The van der Waals surface area contributed by atoms with Crippen molar-refractivity contribution < 1.29 is 14.3 Å². The van der Waals surface area contributed by atoms with Crippen LogP contribution in [0.15, 0.2) is 11.6 Å².